The van der Waals surface area contributed by atoms with Crippen molar-refractivity contribution in [2.24, 2.45) is 46.3 Å². The second-order valence-corrected chi connectivity index (χ2v) is 10.6. The van der Waals surface area contributed by atoms with Crippen molar-refractivity contribution >= 4 is 11.8 Å². The molecule has 0 unspecified atom stereocenters. The molecule has 0 saturated heterocycles. The number of hydrogen-bond acceptors (Lipinski definition) is 4. The average molecular weight is 377 g/mol. The Morgan fingerprint density at radius 3 is 2.59 bits per heavy atom. The van der Waals surface area contributed by atoms with Crippen molar-refractivity contribution < 1.29 is 19.4 Å². The van der Waals surface area contributed by atoms with E-state index in [1.165, 1.54) is 7.11 Å². The van der Waals surface area contributed by atoms with Crippen molar-refractivity contribution in [2.75, 3.05) is 7.11 Å². The highest BCUT2D eigenvalue weighted by Gasteiger charge is 2.64. The minimum Gasteiger partial charge on any atom is -0.469 e. The second-order valence-electron chi connectivity index (χ2n) is 10.6. The summed E-state index contributed by atoms with van der Waals surface area (Å²) in [5.41, 5.74) is -0.00412. The van der Waals surface area contributed by atoms with Gasteiger partial charge in [-0.2, -0.15) is 0 Å². The Bertz CT molecular complexity index is 630. The van der Waals surface area contributed by atoms with Gasteiger partial charge in [0, 0.05) is 12.3 Å². The van der Waals surface area contributed by atoms with Crippen LogP contribution in [-0.4, -0.2) is 30.1 Å². The topological polar surface area (TPSA) is 63.6 Å². The summed E-state index contributed by atoms with van der Waals surface area (Å²) in [5.74, 6) is 2.07. The van der Waals surface area contributed by atoms with Gasteiger partial charge in [0.15, 0.2) is 0 Å². The lowest BCUT2D eigenvalue weighted by atomic mass is 9.44. The Labute approximate surface area is 163 Å². The summed E-state index contributed by atoms with van der Waals surface area (Å²) >= 11 is 0. The fraction of sp³-hybridized carbons (Fsp3) is 0.913. The third kappa shape index (κ3) is 2.73. The first-order valence-electron chi connectivity index (χ1n) is 11.0. The summed E-state index contributed by atoms with van der Waals surface area (Å²) in [4.78, 5) is 25.8. The zero-order chi connectivity index (χ0) is 19.6. The number of carbonyl (C=O) groups is 2. The Morgan fingerprint density at radius 2 is 1.89 bits per heavy atom. The molecule has 0 aliphatic heterocycles. The number of hydrogen-bond donors (Lipinski definition) is 1. The first-order chi connectivity index (χ1) is 12.7. The monoisotopic (exact) mass is 376 g/mol. The van der Waals surface area contributed by atoms with Gasteiger partial charge in [-0.3, -0.25) is 9.59 Å². The Balaban J connectivity index is 1.63. The predicted octanol–water partition coefficient (Wildman–Crippen LogP) is 3.99. The number of fused-ring (bicyclic) bond motifs is 5. The van der Waals surface area contributed by atoms with Crippen LogP contribution in [0.4, 0.5) is 0 Å². The molecule has 4 fully saturated rings. The molecule has 4 aliphatic rings. The van der Waals surface area contributed by atoms with Gasteiger partial charge in [-0.05, 0) is 79.4 Å². The van der Waals surface area contributed by atoms with E-state index in [1.807, 2.05) is 6.92 Å². The molecule has 1 N–H and O–H groups in total. The maximum atomic E-state index is 13.5. The van der Waals surface area contributed by atoms with Crippen molar-refractivity contribution in [3.63, 3.8) is 0 Å². The highest BCUT2D eigenvalue weighted by molar-refractivity contribution is 5.84. The number of esters is 1. The molecule has 0 spiro atoms. The van der Waals surface area contributed by atoms with Crippen LogP contribution in [0.1, 0.15) is 72.1 Å². The second kappa shape index (κ2) is 6.57. The molecule has 0 aromatic rings. The fourth-order valence-corrected chi connectivity index (χ4v) is 8.26. The van der Waals surface area contributed by atoms with Crippen LogP contribution in [0.25, 0.3) is 0 Å². The maximum Gasteiger partial charge on any atom is 0.308 e. The van der Waals surface area contributed by atoms with Crippen LogP contribution < -0.4 is 0 Å². The smallest absolute Gasteiger partial charge is 0.308 e. The van der Waals surface area contributed by atoms with E-state index in [0.717, 1.165) is 44.9 Å². The van der Waals surface area contributed by atoms with Crippen LogP contribution in [0.3, 0.4) is 0 Å². The van der Waals surface area contributed by atoms with Crippen molar-refractivity contribution in [1.29, 1.82) is 0 Å². The number of methoxy groups -OCH3 is 1. The average Bonchev–Trinajstić information content (AvgIpc) is 2.97. The molecular weight excluding hydrogens is 340 g/mol. The molecule has 27 heavy (non-hydrogen) atoms. The lowest BCUT2D eigenvalue weighted by Gasteiger charge is -2.60. The van der Waals surface area contributed by atoms with E-state index in [9.17, 15) is 14.7 Å². The summed E-state index contributed by atoms with van der Waals surface area (Å²) < 4.78 is 5.03. The minimum absolute atomic E-state index is 0.0621. The molecule has 0 aromatic carbocycles. The fourth-order valence-electron chi connectivity index (χ4n) is 8.26. The quantitative estimate of drug-likeness (QED) is 0.740. The molecule has 0 aromatic heterocycles. The molecule has 0 bridgehead atoms. The molecule has 152 valence electrons. The summed E-state index contributed by atoms with van der Waals surface area (Å²) in [6.45, 7) is 6.60. The molecule has 4 nitrogen and oxygen atoms in total. The predicted molar refractivity (Wildman–Crippen MR) is 103 cm³/mol. The van der Waals surface area contributed by atoms with E-state index in [1.54, 1.807) is 0 Å². The van der Waals surface area contributed by atoms with Gasteiger partial charge >= 0.3 is 5.97 Å². The van der Waals surface area contributed by atoms with E-state index in [4.69, 9.17) is 4.74 Å². The van der Waals surface area contributed by atoms with Gasteiger partial charge in [-0.15, -0.1) is 0 Å². The molecule has 9 atom stereocenters. The molecular formula is C23H36O4. The van der Waals surface area contributed by atoms with E-state index in [-0.39, 0.29) is 40.7 Å². The number of aliphatic hydroxyl groups excluding tert-OH is 1. The van der Waals surface area contributed by atoms with Crippen LogP contribution in [-0.2, 0) is 14.3 Å². The lowest BCUT2D eigenvalue weighted by molar-refractivity contribution is -0.165. The normalized spacial score (nSPS) is 50.3. The van der Waals surface area contributed by atoms with E-state index < -0.39 is 0 Å². The van der Waals surface area contributed by atoms with Crippen molar-refractivity contribution in [2.45, 2.75) is 78.2 Å². The van der Waals surface area contributed by atoms with E-state index in [2.05, 4.69) is 13.8 Å². The number of ether oxygens (including phenoxy) is 1. The van der Waals surface area contributed by atoms with Crippen LogP contribution in [0.5, 0.6) is 0 Å². The SMILES string of the molecule is COC(=O)[C@@H](C)[C@@H]1CC[C@@H]2[C@@H]3CC[C@@H]4C[C@H](O)CC[C@]4(C)[C@H]3C(=O)C[C@]21C. The molecule has 4 heteroatoms. The number of ketones is 1. The van der Waals surface area contributed by atoms with Crippen molar-refractivity contribution in [1.82, 2.24) is 0 Å². The van der Waals surface area contributed by atoms with Crippen molar-refractivity contribution in [3.05, 3.63) is 0 Å². The standard InChI is InChI=1S/C23H36O4/c1-13(21(26)27-4)17-7-8-18-16-6-5-14-11-15(24)9-10-22(14,2)20(16)19(25)12-23(17,18)3/h13-18,20,24H,5-12H2,1-4H3/t13-,14+,15+,16-,17-,18+,20+,22-,23-/m0/s1. The number of carbonyl (C=O) groups excluding carboxylic acids is 2. The Kier molecular flexibility index (Phi) is 4.73. The zero-order valence-electron chi connectivity index (χ0n) is 17.4. The zero-order valence-corrected chi connectivity index (χ0v) is 17.4. The first-order valence-corrected chi connectivity index (χ1v) is 11.0. The van der Waals surface area contributed by atoms with Crippen LogP contribution >= 0.6 is 0 Å². The molecule has 0 radical (unpaired) electrons. The molecule has 4 saturated carbocycles. The van der Waals surface area contributed by atoms with Gasteiger partial charge < -0.3 is 9.84 Å². The highest BCUT2D eigenvalue weighted by atomic mass is 16.5. The van der Waals surface area contributed by atoms with Gasteiger partial charge in [0.25, 0.3) is 0 Å². The Morgan fingerprint density at radius 1 is 1.15 bits per heavy atom. The third-order valence-electron chi connectivity index (χ3n) is 9.57. The minimum atomic E-state index is -0.180. The lowest BCUT2D eigenvalue weighted by Crippen LogP contribution is -2.58. The molecule has 4 aliphatic carbocycles. The number of rotatable bonds is 2. The summed E-state index contributed by atoms with van der Waals surface area (Å²) in [5, 5.41) is 10.2. The van der Waals surface area contributed by atoms with Crippen LogP contribution in [0.15, 0.2) is 0 Å². The maximum absolute atomic E-state index is 13.5. The van der Waals surface area contributed by atoms with Gasteiger partial charge in [0.05, 0.1) is 19.1 Å². The van der Waals surface area contributed by atoms with Crippen LogP contribution in [0, 0.1) is 46.3 Å². The highest BCUT2D eigenvalue weighted by Crippen LogP contribution is 2.67. The van der Waals surface area contributed by atoms with Gasteiger partial charge in [-0.1, -0.05) is 20.8 Å². The van der Waals surface area contributed by atoms with Crippen LogP contribution in [0.2, 0.25) is 0 Å². The van der Waals surface area contributed by atoms with E-state index in [0.29, 0.717) is 30.0 Å². The molecule has 0 amide bonds. The number of Topliss-reactive ketones (excluding diaryl/α,β-unsaturated/α-hetero) is 1. The van der Waals surface area contributed by atoms with Gasteiger partial charge in [-0.25, -0.2) is 0 Å². The molecule has 4 rings (SSSR count). The first kappa shape index (κ1) is 19.4. The summed E-state index contributed by atoms with van der Waals surface area (Å²) in [6.07, 6.45) is 7.57. The van der Waals surface area contributed by atoms with Crippen molar-refractivity contribution in [3.8, 4) is 0 Å². The largest absolute Gasteiger partial charge is 0.469 e. The molecule has 0 heterocycles. The third-order valence-corrected chi connectivity index (χ3v) is 9.57. The number of aliphatic hydroxyl groups is 1. The van der Waals surface area contributed by atoms with Gasteiger partial charge in [0.1, 0.15) is 5.78 Å². The summed E-state index contributed by atoms with van der Waals surface area (Å²) in [7, 11) is 1.47. The Hall–Kier alpha value is -0.900. The van der Waals surface area contributed by atoms with Gasteiger partial charge in [0.2, 0.25) is 0 Å². The summed E-state index contributed by atoms with van der Waals surface area (Å²) in [6, 6.07) is 0. The van der Waals surface area contributed by atoms with E-state index >= 15 is 0 Å².